The summed E-state index contributed by atoms with van der Waals surface area (Å²) in [5, 5.41) is 2.16. The number of nitrogens with zero attached hydrogens (tertiary/aromatic N) is 1. The summed E-state index contributed by atoms with van der Waals surface area (Å²) >= 11 is 5.36. The van der Waals surface area contributed by atoms with Crippen LogP contribution >= 0.6 is 27.3 Å². The molecule has 1 aliphatic heterocycles. The summed E-state index contributed by atoms with van der Waals surface area (Å²) < 4.78 is 1.18. The lowest BCUT2D eigenvalue weighted by atomic mass is 10.0. The number of likely N-dealkylation sites (tertiary alicyclic amines) is 1. The predicted octanol–water partition coefficient (Wildman–Crippen LogP) is 3.63. The van der Waals surface area contributed by atoms with Crippen molar-refractivity contribution in [2.75, 3.05) is 13.1 Å². The standard InChI is InChI=1S/C13H21BrN2S/c1-3-11(15)13(12-6-10(14)8-17-12)16-5-4-9(2)7-16/h6,8-9,11,13H,3-5,7,15H2,1-2H3. The van der Waals surface area contributed by atoms with E-state index in [0.29, 0.717) is 6.04 Å². The normalized spacial score (nSPS) is 25.1. The van der Waals surface area contributed by atoms with Gasteiger partial charge in [-0.15, -0.1) is 11.3 Å². The molecular formula is C13H21BrN2S. The maximum Gasteiger partial charge on any atom is 0.0593 e. The molecule has 3 unspecified atom stereocenters. The average molecular weight is 317 g/mol. The Bertz CT molecular complexity index is 366. The number of hydrogen-bond acceptors (Lipinski definition) is 3. The third-order valence-corrected chi connectivity index (χ3v) is 5.37. The molecule has 2 heterocycles. The Morgan fingerprint density at radius 1 is 1.65 bits per heavy atom. The molecule has 2 nitrogen and oxygen atoms in total. The van der Waals surface area contributed by atoms with Crippen molar-refractivity contribution >= 4 is 27.3 Å². The Kier molecular flexibility index (Phi) is 4.64. The van der Waals surface area contributed by atoms with Gasteiger partial charge in [0.2, 0.25) is 0 Å². The molecule has 0 aromatic carbocycles. The van der Waals surface area contributed by atoms with Gasteiger partial charge in [-0.1, -0.05) is 13.8 Å². The van der Waals surface area contributed by atoms with Gasteiger partial charge in [-0.2, -0.15) is 0 Å². The molecule has 1 saturated heterocycles. The van der Waals surface area contributed by atoms with E-state index in [0.717, 1.165) is 12.3 Å². The highest BCUT2D eigenvalue weighted by molar-refractivity contribution is 9.10. The summed E-state index contributed by atoms with van der Waals surface area (Å²) in [6, 6.07) is 2.88. The minimum absolute atomic E-state index is 0.242. The monoisotopic (exact) mass is 316 g/mol. The van der Waals surface area contributed by atoms with E-state index in [1.165, 1.54) is 28.9 Å². The average Bonchev–Trinajstić information content (AvgIpc) is 2.89. The third-order valence-electron chi connectivity index (χ3n) is 3.60. The van der Waals surface area contributed by atoms with Gasteiger partial charge in [0.1, 0.15) is 0 Å². The van der Waals surface area contributed by atoms with E-state index >= 15 is 0 Å². The second kappa shape index (κ2) is 5.83. The van der Waals surface area contributed by atoms with Crippen molar-refractivity contribution in [2.24, 2.45) is 11.7 Å². The van der Waals surface area contributed by atoms with Crippen molar-refractivity contribution in [3.05, 3.63) is 20.8 Å². The molecule has 1 aromatic rings. The van der Waals surface area contributed by atoms with Crippen molar-refractivity contribution in [1.82, 2.24) is 4.90 Å². The van der Waals surface area contributed by atoms with Gasteiger partial charge in [0.15, 0.2) is 0 Å². The molecular weight excluding hydrogens is 296 g/mol. The van der Waals surface area contributed by atoms with Gasteiger partial charge in [-0.25, -0.2) is 0 Å². The molecule has 1 fully saturated rings. The van der Waals surface area contributed by atoms with Gasteiger partial charge in [-0.05, 0) is 47.3 Å². The number of nitrogens with two attached hydrogens (primary N) is 1. The summed E-state index contributed by atoms with van der Waals surface area (Å²) in [6.45, 7) is 6.89. The van der Waals surface area contributed by atoms with Crippen LogP contribution < -0.4 is 5.73 Å². The molecule has 0 bridgehead atoms. The SMILES string of the molecule is CCC(N)C(c1cc(Br)cs1)N1CCC(C)C1. The van der Waals surface area contributed by atoms with E-state index in [-0.39, 0.29) is 6.04 Å². The van der Waals surface area contributed by atoms with E-state index in [1.54, 1.807) is 0 Å². The molecule has 1 aliphatic rings. The molecule has 2 rings (SSSR count). The molecule has 0 saturated carbocycles. The Labute approximate surface area is 116 Å². The minimum Gasteiger partial charge on any atom is -0.326 e. The fourth-order valence-electron chi connectivity index (χ4n) is 2.59. The van der Waals surface area contributed by atoms with Crippen LogP contribution in [0.3, 0.4) is 0 Å². The predicted molar refractivity (Wildman–Crippen MR) is 78.4 cm³/mol. The van der Waals surface area contributed by atoms with Crippen molar-refractivity contribution in [3.8, 4) is 0 Å². The summed E-state index contributed by atoms with van der Waals surface area (Å²) in [5.41, 5.74) is 6.33. The topological polar surface area (TPSA) is 29.3 Å². The Balaban J connectivity index is 2.19. The second-order valence-electron chi connectivity index (χ2n) is 5.07. The fraction of sp³-hybridized carbons (Fsp3) is 0.692. The maximum absolute atomic E-state index is 6.33. The van der Waals surface area contributed by atoms with Gasteiger partial charge < -0.3 is 5.73 Å². The highest BCUT2D eigenvalue weighted by Crippen LogP contribution is 2.35. The quantitative estimate of drug-likeness (QED) is 0.919. The van der Waals surface area contributed by atoms with Gasteiger partial charge in [0.05, 0.1) is 6.04 Å². The van der Waals surface area contributed by atoms with Crippen LogP contribution in [0.5, 0.6) is 0 Å². The first-order chi connectivity index (χ1) is 8.11. The van der Waals surface area contributed by atoms with Gasteiger partial charge in [0.25, 0.3) is 0 Å². The number of hydrogen-bond donors (Lipinski definition) is 1. The number of halogens is 1. The van der Waals surface area contributed by atoms with Crippen LogP contribution in [0.25, 0.3) is 0 Å². The molecule has 0 amide bonds. The van der Waals surface area contributed by atoms with E-state index in [4.69, 9.17) is 5.73 Å². The number of rotatable bonds is 4. The van der Waals surface area contributed by atoms with Crippen molar-refractivity contribution < 1.29 is 0 Å². The van der Waals surface area contributed by atoms with Gasteiger partial charge in [0, 0.05) is 27.3 Å². The zero-order valence-electron chi connectivity index (χ0n) is 10.5. The Morgan fingerprint density at radius 2 is 2.41 bits per heavy atom. The van der Waals surface area contributed by atoms with Gasteiger partial charge in [-0.3, -0.25) is 4.90 Å². The van der Waals surface area contributed by atoms with E-state index in [2.05, 4.69) is 46.1 Å². The molecule has 96 valence electrons. The van der Waals surface area contributed by atoms with Crippen LogP contribution in [-0.2, 0) is 0 Å². The molecule has 2 N–H and O–H groups in total. The molecule has 17 heavy (non-hydrogen) atoms. The Morgan fingerprint density at radius 3 is 2.88 bits per heavy atom. The highest BCUT2D eigenvalue weighted by Gasteiger charge is 2.31. The third kappa shape index (κ3) is 3.11. The van der Waals surface area contributed by atoms with Gasteiger partial charge >= 0.3 is 0 Å². The molecule has 1 aromatic heterocycles. The molecule has 0 aliphatic carbocycles. The van der Waals surface area contributed by atoms with Crippen LogP contribution in [-0.4, -0.2) is 24.0 Å². The number of thiophene rings is 1. The molecule has 4 heteroatoms. The van der Waals surface area contributed by atoms with Crippen LogP contribution in [0.15, 0.2) is 15.9 Å². The fourth-order valence-corrected chi connectivity index (χ4v) is 4.24. The largest absolute Gasteiger partial charge is 0.326 e. The van der Waals surface area contributed by atoms with E-state index in [1.807, 2.05) is 11.3 Å². The zero-order valence-corrected chi connectivity index (χ0v) is 12.9. The lowest BCUT2D eigenvalue weighted by molar-refractivity contribution is 0.207. The maximum atomic E-state index is 6.33. The van der Waals surface area contributed by atoms with Crippen molar-refractivity contribution in [2.45, 2.75) is 38.8 Å². The van der Waals surface area contributed by atoms with E-state index in [9.17, 15) is 0 Å². The molecule has 3 atom stereocenters. The molecule has 0 spiro atoms. The zero-order chi connectivity index (χ0) is 12.4. The summed E-state index contributed by atoms with van der Waals surface area (Å²) in [4.78, 5) is 3.97. The van der Waals surface area contributed by atoms with Crippen LogP contribution in [0.4, 0.5) is 0 Å². The Hall–Kier alpha value is 0.1000. The lowest BCUT2D eigenvalue weighted by Gasteiger charge is -2.31. The first-order valence-corrected chi connectivity index (χ1v) is 8.02. The van der Waals surface area contributed by atoms with Crippen LogP contribution in [0.1, 0.15) is 37.6 Å². The van der Waals surface area contributed by atoms with Crippen LogP contribution in [0.2, 0.25) is 0 Å². The first-order valence-electron chi connectivity index (χ1n) is 6.35. The minimum atomic E-state index is 0.242. The summed E-state index contributed by atoms with van der Waals surface area (Å²) in [5.74, 6) is 0.810. The first kappa shape index (κ1) is 13.5. The van der Waals surface area contributed by atoms with Crippen molar-refractivity contribution in [3.63, 3.8) is 0 Å². The lowest BCUT2D eigenvalue weighted by Crippen LogP contribution is -2.39. The van der Waals surface area contributed by atoms with E-state index < -0.39 is 0 Å². The van der Waals surface area contributed by atoms with Crippen molar-refractivity contribution in [1.29, 1.82) is 0 Å². The van der Waals surface area contributed by atoms with Crippen LogP contribution in [0, 0.1) is 5.92 Å². The smallest absolute Gasteiger partial charge is 0.0593 e. The summed E-state index contributed by atoms with van der Waals surface area (Å²) in [6.07, 6.45) is 2.34. The molecule has 0 radical (unpaired) electrons. The second-order valence-corrected chi connectivity index (χ2v) is 6.93. The summed E-state index contributed by atoms with van der Waals surface area (Å²) in [7, 11) is 0. The highest BCUT2D eigenvalue weighted by atomic mass is 79.9.